The van der Waals surface area contributed by atoms with Crippen LogP contribution in [-0.2, 0) is 4.84 Å². The zero-order valence-electron chi connectivity index (χ0n) is 6.95. The Morgan fingerprint density at radius 3 is 2.55 bits per heavy atom. The highest BCUT2D eigenvalue weighted by Gasteiger charge is 2.21. The van der Waals surface area contributed by atoms with Gasteiger partial charge in [-0.2, -0.15) is 0 Å². The molecule has 0 aromatic heterocycles. The van der Waals surface area contributed by atoms with Crippen molar-refractivity contribution in [2.75, 3.05) is 0 Å². The highest BCUT2D eigenvalue weighted by Crippen LogP contribution is 2.27. The summed E-state index contributed by atoms with van der Waals surface area (Å²) < 4.78 is 0. The zero-order chi connectivity index (χ0) is 8.10. The third kappa shape index (κ3) is 2.48. The van der Waals surface area contributed by atoms with Crippen LogP contribution in [0.25, 0.3) is 0 Å². The van der Waals surface area contributed by atoms with Crippen LogP contribution in [0, 0.1) is 10.8 Å². The third-order valence-corrected chi connectivity index (χ3v) is 2.52. The molecule has 1 saturated carbocycles. The van der Waals surface area contributed by atoms with Crippen LogP contribution >= 0.6 is 0 Å². The quantitative estimate of drug-likeness (QED) is 0.466. The second-order valence-corrected chi connectivity index (χ2v) is 3.28. The van der Waals surface area contributed by atoms with Gasteiger partial charge in [0.05, 0.1) is 0 Å². The highest BCUT2D eigenvalue weighted by atomic mass is 16.7. The van der Waals surface area contributed by atoms with Crippen LogP contribution in [0.4, 0.5) is 0 Å². The summed E-state index contributed by atoms with van der Waals surface area (Å²) in [6.45, 7) is 1.93. The molecule has 0 radical (unpaired) electrons. The molecule has 0 aromatic carbocycles. The highest BCUT2D eigenvalue weighted by molar-refractivity contribution is 4.70. The molecule has 0 unspecified atom stereocenters. The average Bonchev–Trinajstić information content (AvgIpc) is 2.07. The fourth-order valence-corrected chi connectivity index (χ4v) is 1.76. The molecule has 11 heavy (non-hydrogen) atoms. The van der Waals surface area contributed by atoms with Gasteiger partial charge in [0.25, 0.3) is 0 Å². The van der Waals surface area contributed by atoms with Crippen molar-refractivity contribution < 1.29 is 4.84 Å². The van der Waals surface area contributed by atoms with Gasteiger partial charge in [-0.15, -0.1) is 4.91 Å². The molecule has 1 atom stereocenters. The minimum absolute atomic E-state index is 0.0211. The molecule has 64 valence electrons. The van der Waals surface area contributed by atoms with Gasteiger partial charge in [0, 0.05) is 0 Å². The van der Waals surface area contributed by atoms with E-state index in [4.69, 9.17) is 0 Å². The van der Waals surface area contributed by atoms with Gasteiger partial charge in [0.2, 0.25) is 0 Å². The smallest absolute Gasteiger partial charge is 0.155 e. The van der Waals surface area contributed by atoms with Crippen molar-refractivity contribution in [3.05, 3.63) is 4.91 Å². The third-order valence-electron chi connectivity index (χ3n) is 2.52. The number of rotatable bonds is 3. The van der Waals surface area contributed by atoms with Crippen LogP contribution in [0.3, 0.4) is 0 Å². The second kappa shape index (κ2) is 4.31. The first-order chi connectivity index (χ1) is 5.34. The average molecular weight is 157 g/mol. The topological polar surface area (TPSA) is 38.7 Å². The van der Waals surface area contributed by atoms with E-state index in [0.717, 1.165) is 0 Å². The Morgan fingerprint density at radius 1 is 1.36 bits per heavy atom. The Labute approximate surface area is 67.1 Å². The van der Waals surface area contributed by atoms with Crippen molar-refractivity contribution in [1.82, 2.24) is 0 Å². The monoisotopic (exact) mass is 157 g/mol. The lowest BCUT2D eigenvalue weighted by molar-refractivity contribution is 0.0137. The summed E-state index contributed by atoms with van der Waals surface area (Å²) in [4.78, 5) is 14.4. The van der Waals surface area contributed by atoms with Crippen molar-refractivity contribution in [2.45, 2.75) is 45.1 Å². The molecule has 0 spiro atoms. The number of hydrogen-bond donors (Lipinski definition) is 0. The predicted octanol–water partition coefficient (Wildman–Crippen LogP) is 2.65. The minimum Gasteiger partial charge on any atom is -0.361 e. The molecule has 0 heterocycles. The fraction of sp³-hybridized carbons (Fsp3) is 1.00. The van der Waals surface area contributed by atoms with Crippen LogP contribution in [0.2, 0.25) is 0 Å². The summed E-state index contributed by atoms with van der Waals surface area (Å²) in [7, 11) is 0. The van der Waals surface area contributed by atoms with Crippen molar-refractivity contribution in [1.29, 1.82) is 0 Å². The minimum atomic E-state index is 0.0211. The van der Waals surface area contributed by atoms with Gasteiger partial charge < -0.3 is 4.84 Å². The maximum atomic E-state index is 9.79. The molecule has 0 saturated heterocycles. The first kappa shape index (κ1) is 8.50. The number of hydrogen-bond acceptors (Lipinski definition) is 3. The lowest BCUT2D eigenvalue weighted by Gasteiger charge is -2.24. The van der Waals surface area contributed by atoms with E-state index in [1.54, 1.807) is 0 Å². The van der Waals surface area contributed by atoms with Crippen molar-refractivity contribution in [3.63, 3.8) is 0 Å². The van der Waals surface area contributed by atoms with Gasteiger partial charge in [-0.05, 0) is 25.7 Å². The molecular formula is C8H15NO2. The lowest BCUT2D eigenvalue weighted by atomic mass is 9.86. The molecular weight excluding hydrogens is 142 g/mol. The van der Waals surface area contributed by atoms with Crippen LogP contribution in [0.5, 0.6) is 0 Å². The van der Waals surface area contributed by atoms with E-state index in [0.29, 0.717) is 5.92 Å². The molecule has 1 rings (SSSR count). The maximum absolute atomic E-state index is 9.79. The molecule has 0 aliphatic heterocycles. The first-order valence-electron chi connectivity index (χ1n) is 4.33. The van der Waals surface area contributed by atoms with E-state index in [1.165, 1.54) is 32.1 Å². The summed E-state index contributed by atoms with van der Waals surface area (Å²) in [5.74, 6) is 0.557. The Kier molecular flexibility index (Phi) is 3.33. The molecule has 0 N–H and O–H groups in total. The second-order valence-electron chi connectivity index (χ2n) is 3.28. The SMILES string of the molecule is C[C@H](ON=O)C1CCCCC1. The molecule has 1 aliphatic rings. The van der Waals surface area contributed by atoms with Crippen LogP contribution in [-0.4, -0.2) is 6.10 Å². The van der Waals surface area contributed by atoms with Crippen molar-refractivity contribution in [3.8, 4) is 0 Å². The normalized spacial score (nSPS) is 22.6. The van der Waals surface area contributed by atoms with Crippen molar-refractivity contribution >= 4 is 0 Å². The van der Waals surface area contributed by atoms with Gasteiger partial charge in [-0.1, -0.05) is 19.3 Å². The van der Waals surface area contributed by atoms with Gasteiger partial charge in [-0.25, -0.2) is 0 Å². The van der Waals surface area contributed by atoms with E-state index >= 15 is 0 Å². The summed E-state index contributed by atoms with van der Waals surface area (Å²) in [6.07, 6.45) is 6.28. The standard InChI is InChI=1S/C8H15NO2/c1-7(11-9-10)8-5-3-2-4-6-8/h7-8H,2-6H2,1H3/t7-/m0/s1. The molecule has 3 heteroatoms. The summed E-state index contributed by atoms with van der Waals surface area (Å²) in [5, 5.41) is 2.46. The van der Waals surface area contributed by atoms with Gasteiger partial charge >= 0.3 is 0 Å². The van der Waals surface area contributed by atoms with Gasteiger partial charge in [0.1, 0.15) is 6.10 Å². The molecule has 0 bridgehead atoms. The van der Waals surface area contributed by atoms with E-state index in [-0.39, 0.29) is 6.10 Å². The van der Waals surface area contributed by atoms with Gasteiger partial charge in [0.15, 0.2) is 5.34 Å². The lowest BCUT2D eigenvalue weighted by Crippen LogP contribution is -2.21. The van der Waals surface area contributed by atoms with Crippen LogP contribution in [0.1, 0.15) is 39.0 Å². The zero-order valence-corrected chi connectivity index (χ0v) is 6.95. The first-order valence-corrected chi connectivity index (χ1v) is 4.33. The molecule has 0 aromatic rings. The maximum Gasteiger partial charge on any atom is 0.155 e. The molecule has 3 nitrogen and oxygen atoms in total. The Morgan fingerprint density at radius 2 is 2.00 bits per heavy atom. The Bertz CT molecular complexity index is 121. The van der Waals surface area contributed by atoms with Gasteiger partial charge in [-0.3, -0.25) is 0 Å². The fourth-order valence-electron chi connectivity index (χ4n) is 1.76. The van der Waals surface area contributed by atoms with E-state index < -0.39 is 0 Å². The molecule has 0 amide bonds. The summed E-state index contributed by atoms with van der Waals surface area (Å²) in [6, 6.07) is 0. The largest absolute Gasteiger partial charge is 0.361 e. The van der Waals surface area contributed by atoms with Crippen molar-refractivity contribution in [2.24, 2.45) is 11.3 Å². The summed E-state index contributed by atoms with van der Waals surface area (Å²) >= 11 is 0. The Hall–Kier alpha value is -0.600. The predicted molar refractivity (Wildman–Crippen MR) is 42.9 cm³/mol. The van der Waals surface area contributed by atoms with E-state index in [1.807, 2.05) is 6.92 Å². The number of nitrogens with zero attached hydrogens (tertiary/aromatic N) is 1. The Balaban J connectivity index is 2.26. The van der Waals surface area contributed by atoms with E-state index in [9.17, 15) is 4.91 Å². The molecule has 1 fully saturated rings. The van der Waals surface area contributed by atoms with Crippen LogP contribution in [0.15, 0.2) is 5.34 Å². The van der Waals surface area contributed by atoms with Crippen LogP contribution < -0.4 is 0 Å². The summed E-state index contributed by atoms with van der Waals surface area (Å²) in [5.41, 5.74) is 0. The molecule has 1 aliphatic carbocycles. The van der Waals surface area contributed by atoms with E-state index in [2.05, 4.69) is 10.2 Å².